The summed E-state index contributed by atoms with van der Waals surface area (Å²) in [6.07, 6.45) is 6.06. The number of rotatable bonds is 6. The van der Waals surface area contributed by atoms with E-state index in [1.54, 1.807) is 0 Å². The van der Waals surface area contributed by atoms with E-state index < -0.39 is 0 Å². The van der Waals surface area contributed by atoms with Gasteiger partial charge in [-0.25, -0.2) is 9.67 Å². The molecule has 0 fully saturated rings. The van der Waals surface area contributed by atoms with Crippen LogP contribution in [0.25, 0.3) is 62.6 Å². The minimum atomic E-state index is 0.693. The van der Waals surface area contributed by atoms with Gasteiger partial charge in [0.05, 0.1) is 11.4 Å². The van der Waals surface area contributed by atoms with Crippen LogP contribution in [0.2, 0.25) is 0 Å². The number of benzene rings is 5. The lowest BCUT2D eigenvalue weighted by atomic mass is 10.0. The molecular formula is C37H26N4. The van der Waals surface area contributed by atoms with E-state index in [-0.39, 0.29) is 0 Å². The first-order chi connectivity index (χ1) is 20.3. The zero-order valence-electron chi connectivity index (χ0n) is 22.3. The summed E-state index contributed by atoms with van der Waals surface area (Å²) in [6.45, 7) is 0. The number of hydrogen-bond acceptors (Lipinski definition) is 3. The summed E-state index contributed by atoms with van der Waals surface area (Å²) in [5, 5.41) is 7.35. The molecule has 0 atom stereocenters. The average molecular weight is 527 g/mol. The lowest BCUT2D eigenvalue weighted by molar-refractivity contribution is 0.891. The summed E-state index contributed by atoms with van der Waals surface area (Å²) in [5.74, 6) is 1.48. The van der Waals surface area contributed by atoms with Crippen molar-refractivity contribution in [2.45, 2.75) is 0 Å². The lowest BCUT2D eigenvalue weighted by Crippen LogP contribution is -2.00. The zero-order chi connectivity index (χ0) is 27.4. The van der Waals surface area contributed by atoms with Gasteiger partial charge in [-0.1, -0.05) is 127 Å². The van der Waals surface area contributed by atoms with Gasteiger partial charge >= 0.3 is 0 Å². The van der Waals surface area contributed by atoms with Crippen molar-refractivity contribution < 1.29 is 0 Å². The fraction of sp³-hybridized carbons (Fsp3) is 0. The van der Waals surface area contributed by atoms with Crippen molar-refractivity contribution in [2.75, 3.05) is 0 Å². The molecule has 0 aliphatic heterocycles. The van der Waals surface area contributed by atoms with Gasteiger partial charge in [0.15, 0.2) is 11.6 Å². The van der Waals surface area contributed by atoms with Crippen LogP contribution in [0.5, 0.6) is 0 Å². The Morgan fingerprint density at radius 3 is 2.00 bits per heavy atom. The summed E-state index contributed by atoms with van der Waals surface area (Å²) >= 11 is 0. The van der Waals surface area contributed by atoms with Crippen molar-refractivity contribution in [3.05, 3.63) is 157 Å². The van der Waals surface area contributed by atoms with Crippen LogP contribution in [0, 0.1) is 0 Å². The Balaban J connectivity index is 1.30. The summed E-state index contributed by atoms with van der Waals surface area (Å²) < 4.78 is 1.94. The molecule has 194 valence electrons. The number of pyridine rings is 1. The van der Waals surface area contributed by atoms with Gasteiger partial charge in [0.25, 0.3) is 0 Å². The van der Waals surface area contributed by atoms with Crippen LogP contribution in [0.15, 0.2) is 146 Å². The Bertz CT molecular complexity index is 1950. The molecule has 4 heteroatoms. The Hall–Kier alpha value is -5.61. The van der Waals surface area contributed by atoms with Crippen LogP contribution in [-0.2, 0) is 0 Å². The molecular weight excluding hydrogens is 500 g/mol. The van der Waals surface area contributed by atoms with E-state index in [9.17, 15) is 0 Å². The quantitative estimate of drug-likeness (QED) is 0.203. The first-order valence-electron chi connectivity index (χ1n) is 13.6. The van der Waals surface area contributed by atoms with Crippen LogP contribution in [0.1, 0.15) is 11.1 Å². The predicted octanol–water partition coefficient (Wildman–Crippen LogP) is 8.99. The lowest BCUT2D eigenvalue weighted by Gasteiger charge is -2.08. The number of nitrogens with zero attached hydrogens (tertiary/aromatic N) is 4. The highest BCUT2D eigenvalue weighted by Gasteiger charge is 2.17. The molecule has 7 rings (SSSR count). The molecule has 0 spiro atoms. The van der Waals surface area contributed by atoms with Gasteiger partial charge in [-0.05, 0) is 46.2 Å². The van der Waals surface area contributed by atoms with E-state index >= 15 is 0 Å². The second-order valence-corrected chi connectivity index (χ2v) is 9.83. The van der Waals surface area contributed by atoms with Gasteiger partial charge in [0, 0.05) is 22.9 Å². The summed E-state index contributed by atoms with van der Waals surface area (Å²) in [5.41, 5.74) is 7.23. The maximum atomic E-state index is 5.10. The van der Waals surface area contributed by atoms with Crippen molar-refractivity contribution in [2.24, 2.45) is 0 Å². The second kappa shape index (κ2) is 10.9. The van der Waals surface area contributed by atoms with Crippen molar-refractivity contribution in [1.82, 2.24) is 19.7 Å². The third-order valence-corrected chi connectivity index (χ3v) is 7.15. The van der Waals surface area contributed by atoms with E-state index in [4.69, 9.17) is 10.1 Å². The topological polar surface area (TPSA) is 43.6 Å². The zero-order valence-corrected chi connectivity index (χ0v) is 22.3. The molecule has 0 saturated heterocycles. The van der Waals surface area contributed by atoms with Crippen LogP contribution >= 0.6 is 0 Å². The van der Waals surface area contributed by atoms with E-state index in [1.165, 1.54) is 5.56 Å². The Kier molecular flexibility index (Phi) is 6.48. The highest BCUT2D eigenvalue weighted by molar-refractivity contribution is 5.95. The second-order valence-electron chi connectivity index (χ2n) is 9.83. The van der Waals surface area contributed by atoms with Crippen LogP contribution < -0.4 is 0 Å². The van der Waals surface area contributed by atoms with Gasteiger partial charge in [0.1, 0.15) is 0 Å². The van der Waals surface area contributed by atoms with Gasteiger partial charge < -0.3 is 0 Å². The molecule has 0 aliphatic carbocycles. The fourth-order valence-corrected chi connectivity index (χ4v) is 5.02. The number of hydrogen-bond donors (Lipinski definition) is 0. The molecule has 0 bridgehead atoms. The van der Waals surface area contributed by atoms with Crippen LogP contribution in [-0.4, -0.2) is 19.7 Å². The highest BCUT2D eigenvalue weighted by Crippen LogP contribution is 2.31. The number of fused-ring (bicyclic) bond motifs is 1. The standard InChI is InChI=1S/C37H26N4/c1-2-9-27(10-3-1)16-17-28-18-20-31(21-19-28)37-39-36(34-14-8-12-29-11-4-5-13-33(29)34)40-41(37)32-24-22-30(23-25-32)35-15-6-7-26-38-35/h1-26H. The molecule has 5 aromatic carbocycles. The van der Waals surface area contributed by atoms with Gasteiger partial charge in [-0.15, -0.1) is 5.10 Å². The van der Waals surface area contributed by atoms with Gasteiger partial charge in [-0.2, -0.15) is 0 Å². The monoisotopic (exact) mass is 526 g/mol. The minimum absolute atomic E-state index is 0.693. The maximum absolute atomic E-state index is 5.10. The molecule has 4 nitrogen and oxygen atoms in total. The molecule has 2 aromatic heterocycles. The van der Waals surface area contributed by atoms with Crippen LogP contribution in [0.3, 0.4) is 0 Å². The first kappa shape index (κ1) is 24.4. The summed E-state index contributed by atoms with van der Waals surface area (Å²) in [4.78, 5) is 9.59. The largest absolute Gasteiger partial charge is 0.256 e. The fourth-order valence-electron chi connectivity index (χ4n) is 5.02. The van der Waals surface area contributed by atoms with Crippen LogP contribution in [0.4, 0.5) is 0 Å². The third kappa shape index (κ3) is 5.07. The molecule has 0 saturated carbocycles. The SMILES string of the molecule is C(=Cc1ccc(-c2nc(-c3cccc4ccccc34)nn2-c2ccc(-c3ccccn3)cc2)cc1)c1ccccc1. The molecule has 41 heavy (non-hydrogen) atoms. The Morgan fingerprint density at radius 1 is 0.537 bits per heavy atom. The van der Waals surface area contributed by atoms with Crippen molar-refractivity contribution in [1.29, 1.82) is 0 Å². The highest BCUT2D eigenvalue weighted by atomic mass is 15.4. The molecule has 2 heterocycles. The summed E-state index contributed by atoms with van der Waals surface area (Å²) in [6, 6.07) is 47.7. The molecule has 0 amide bonds. The van der Waals surface area contributed by atoms with Gasteiger partial charge in [0.2, 0.25) is 0 Å². The van der Waals surface area contributed by atoms with Crippen molar-refractivity contribution in [3.63, 3.8) is 0 Å². The van der Waals surface area contributed by atoms with E-state index in [0.29, 0.717) is 5.82 Å². The van der Waals surface area contributed by atoms with E-state index in [1.807, 2.05) is 47.3 Å². The first-order valence-corrected chi connectivity index (χ1v) is 13.6. The molecule has 0 radical (unpaired) electrons. The Morgan fingerprint density at radius 2 is 1.22 bits per heavy atom. The van der Waals surface area contributed by atoms with Crippen molar-refractivity contribution in [3.8, 4) is 39.7 Å². The maximum Gasteiger partial charge on any atom is 0.182 e. The van der Waals surface area contributed by atoms with Crippen molar-refractivity contribution >= 4 is 22.9 Å². The molecule has 0 unspecified atom stereocenters. The van der Waals surface area contributed by atoms with E-state index in [2.05, 4.69) is 120 Å². The number of aromatic nitrogens is 4. The molecule has 0 aliphatic rings. The van der Waals surface area contributed by atoms with E-state index in [0.717, 1.165) is 50.2 Å². The Labute approximate surface area is 238 Å². The smallest absolute Gasteiger partial charge is 0.182 e. The normalized spacial score (nSPS) is 11.3. The summed E-state index contributed by atoms with van der Waals surface area (Å²) in [7, 11) is 0. The van der Waals surface area contributed by atoms with Gasteiger partial charge in [-0.3, -0.25) is 4.98 Å². The minimum Gasteiger partial charge on any atom is -0.256 e. The molecule has 7 aromatic rings. The molecule has 0 N–H and O–H groups in total. The third-order valence-electron chi connectivity index (χ3n) is 7.15. The average Bonchev–Trinajstić information content (AvgIpc) is 3.50. The predicted molar refractivity (Wildman–Crippen MR) is 168 cm³/mol.